The van der Waals surface area contributed by atoms with Gasteiger partial charge in [0, 0.05) is 0 Å². The Kier molecular flexibility index (Phi) is 8.79. The van der Waals surface area contributed by atoms with Gasteiger partial charge in [-0.05, 0) is 0 Å². The van der Waals surface area contributed by atoms with Crippen molar-refractivity contribution in [3.63, 3.8) is 0 Å². The van der Waals surface area contributed by atoms with Crippen LogP contribution < -0.4 is 0 Å². The second-order valence-corrected chi connectivity index (χ2v) is 6.98. The van der Waals surface area contributed by atoms with E-state index in [1.807, 2.05) is 0 Å². The quantitative estimate of drug-likeness (QED) is 0.147. The van der Waals surface area contributed by atoms with Gasteiger partial charge in [0.2, 0.25) is 5.79 Å². The van der Waals surface area contributed by atoms with Crippen LogP contribution in [0.2, 0.25) is 0 Å². The molecule has 8 N–H and O–H groups in total. The predicted molar refractivity (Wildman–Crippen MR) is 89.1 cm³/mol. The fourth-order valence-corrected chi connectivity index (χ4v) is 2.97. The number of aliphatic hydroxyl groups is 8. The first kappa shape index (κ1) is 24.1. The van der Waals surface area contributed by atoms with Crippen LogP contribution in [-0.2, 0) is 18.9 Å². The summed E-state index contributed by atoms with van der Waals surface area (Å²) in [5, 5.41) is 76.7. The zero-order valence-electron chi connectivity index (χ0n) is 14.8. The van der Waals surface area contributed by atoms with Crippen LogP contribution in [0.15, 0.2) is 0 Å². The van der Waals surface area contributed by atoms with Crippen LogP contribution >= 0.6 is 11.6 Å². The molecule has 1 unspecified atom stereocenters. The number of epoxide rings is 1. The molecule has 3 aliphatic rings. The molecule has 166 valence electrons. The van der Waals surface area contributed by atoms with Crippen molar-refractivity contribution >= 4 is 11.6 Å². The van der Waals surface area contributed by atoms with E-state index in [1.165, 1.54) is 0 Å². The van der Waals surface area contributed by atoms with Gasteiger partial charge in [-0.25, -0.2) is 0 Å². The Hall–Kier alpha value is -0.190. The highest BCUT2D eigenvalue weighted by atomic mass is 35.5. The van der Waals surface area contributed by atoms with Crippen LogP contribution in [0.4, 0.5) is 0 Å². The maximum absolute atomic E-state index is 10.00. The van der Waals surface area contributed by atoms with Gasteiger partial charge in [-0.3, -0.25) is 0 Å². The van der Waals surface area contributed by atoms with Crippen molar-refractivity contribution in [3.8, 4) is 0 Å². The highest BCUT2D eigenvalue weighted by molar-refractivity contribution is 6.18. The number of rotatable bonds is 6. The van der Waals surface area contributed by atoms with Crippen molar-refractivity contribution in [2.45, 2.75) is 60.9 Å². The Balaban J connectivity index is 0.000000485. The first-order chi connectivity index (χ1) is 13.2. The molecule has 0 bridgehead atoms. The van der Waals surface area contributed by atoms with Crippen molar-refractivity contribution in [1.82, 2.24) is 0 Å². The summed E-state index contributed by atoms with van der Waals surface area (Å²) in [4.78, 5) is 0. The summed E-state index contributed by atoms with van der Waals surface area (Å²) in [7, 11) is 0. The van der Waals surface area contributed by atoms with Crippen LogP contribution in [0.1, 0.15) is 0 Å². The summed E-state index contributed by atoms with van der Waals surface area (Å²) in [6, 6.07) is 0. The van der Waals surface area contributed by atoms with Crippen LogP contribution in [0, 0.1) is 0 Å². The summed E-state index contributed by atoms with van der Waals surface area (Å²) in [5.74, 6) is -1.56. The van der Waals surface area contributed by atoms with Gasteiger partial charge in [-0.1, -0.05) is 0 Å². The van der Waals surface area contributed by atoms with Crippen molar-refractivity contribution < 1.29 is 59.8 Å². The summed E-state index contributed by atoms with van der Waals surface area (Å²) < 4.78 is 20.2. The molecule has 3 fully saturated rings. The largest absolute Gasteiger partial charge is 0.394 e. The lowest BCUT2D eigenvalue weighted by atomic mass is 9.99. The molecule has 0 radical (unpaired) electrons. The van der Waals surface area contributed by atoms with Crippen molar-refractivity contribution in [1.29, 1.82) is 0 Å². The fourth-order valence-electron chi connectivity index (χ4n) is 2.79. The Labute approximate surface area is 165 Å². The van der Waals surface area contributed by atoms with Crippen molar-refractivity contribution in [2.75, 3.05) is 32.3 Å². The minimum absolute atomic E-state index is 0.400. The maximum Gasteiger partial charge on any atom is 0.224 e. The molecule has 3 aliphatic heterocycles. The molecule has 10 atom stereocenters. The number of hydrogen-bond acceptors (Lipinski definition) is 12. The Morgan fingerprint density at radius 2 is 1.50 bits per heavy atom. The SMILES string of the molecule is ClCC1CO1.OC[C@H]1O[C@@](CO)(O[C@H]2O[C@H](CO)[C@@H](O)[C@H](O)[C@H]2O)[C@@H](O)[C@@H]1O. The predicted octanol–water partition coefficient (Wildman–Crippen LogP) is -4.77. The number of ether oxygens (including phenoxy) is 4. The fraction of sp³-hybridized carbons (Fsp3) is 1.00. The zero-order valence-corrected chi connectivity index (χ0v) is 15.6. The zero-order chi connectivity index (χ0) is 21.1. The van der Waals surface area contributed by atoms with E-state index in [9.17, 15) is 30.6 Å². The molecule has 0 aromatic carbocycles. The Morgan fingerprint density at radius 1 is 0.893 bits per heavy atom. The average molecular weight is 435 g/mol. The molecule has 3 heterocycles. The minimum atomic E-state index is -2.22. The molecule has 13 heteroatoms. The number of alkyl halides is 1. The molecule has 3 rings (SSSR count). The third-order valence-electron chi connectivity index (χ3n) is 4.64. The van der Waals surface area contributed by atoms with Gasteiger partial charge in [0.05, 0.1) is 31.8 Å². The molecular weight excluding hydrogens is 408 g/mol. The van der Waals surface area contributed by atoms with Crippen molar-refractivity contribution in [2.24, 2.45) is 0 Å². The number of aliphatic hydroxyl groups excluding tert-OH is 8. The van der Waals surface area contributed by atoms with E-state index in [0.717, 1.165) is 6.61 Å². The second-order valence-electron chi connectivity index (χ2n) is 6.67. The molecule has 0 spiro atoms. The topological polar surface area (TPSA) is 202 Å². The van der Waals surface area contributed by atoms with E-state index < -0.39 is 74.6 Å². The lowest BCUT2D eigenvalue weighted by molar-refractivity contribution is -0.383. The molecule has 0 amide bonds. The van der Waals surface area contributed by atoms with Crippen LogP contribution in [0.3, 0.4) is 0 Å². The maximum atomic E-state index is 10.00. The lowest BCUT2D eigenvalue weighted by Crippen LogP contribution is -2.62. The summed E-state index contributed by atoms with van der Waals surface area (Å²) in [5.41, 5.74) is 0. The van der Waals surface area contributed by atoms with E-state index >= 15 is 0 Å². The Bertz CT molecular complexity index is 480. The summed E-state index contributed by atoms with van der Waals surface area (Å²) in [6.07, 6.45) is -12.3. The smallest absolute Gasteiger partial charge is 0.224 e. The molecule has 0 aliphatic carbocycles. The molecule has 0 aromatic heterocycles. The van der Waals surface area contributed by atoms with E-state index in [1.54, 1.807) is 0 Å². The summed E-state index contributed by atoms with van der Waals surface area (Å²) in [6.45, 7) is -1.44. The molecule has 28 heavy (non-hydrogen) atoms. The third-order valence-corrected chi connectivity index (χ3v) is 4.99. The molecule has 0 aromatic rings. The standard InChI is InChI=1S/C12H22O11.C3H5ClO/c13-1-4-6(16)8(18)9(19)11(21-4)23-12(3-15)10(20)7(17)5(2-14)22-12;4-1-3-2-5-3/h4-11,13-20H,1-3H2;3H,1-2H2/t4-,5-,6-,7-,8+,9-,10+,11-,12+;/m1./s1. The van der Waals surface area contributed by atoms with Gasteiger partial charge in [-0.15, -0.1) is 11.6 Å². The number of halogens is 1. The van der Waals surface area contributed by atoms with E-state index in [4.69, 9.17) is 40.8 Å². The van der Waals surface area contributed by atoms with Crippen molar-refractivity contribution in [3.05, 3.63) is 0 Å². The third kappa shape index (κ3) is 5.10. The van der Waals surface area contributed by atoms with Gasteiger partial charge in [0.1, 0.15) is 49.3 Å². The van der Waals surface area contributed by atoms with Gasteiger partial charge >= 0.3 is 0 Å². The van der Waals surface area contributed by atoms with Crippen LogP contribution in [-0.4, -0.2) is 134 Å². The lowest BCUT2D eigenvalue weighted by Gasteiger charge is -2.43. The summed E-state index contributed by atoms with van der Waals surface area (Å²) >= 11 is 5.27. The molecular formula is C15H27ClO12. The van der Waals surface area contributed by atoms with Gasteiger partial charge < -0.3 is 59.8 Å². The van der Waals surface area contributed by atoms with E-state index in [0.29, 0.717) is 12.0 Å². The van der Waals surface area contributed by atoms with Gasteiger partial charge in [-0.2, -0.15) is 0 Å². The molecule has 0 saturated carbocycles. The number of hydrogen-bond donors (Lipinski definition) is 8. The Morgan fingerprint density at radius 3 is 1.89 bits per heavy atom. The molecule has 12 nitrogen and oxygen atoms in total. The van der Waals surface area contributed by atoms with Crippen LogP contribution in [0.25, 0.3) is 0 Å². The van der Waals surface area contributed by atoms with E-state index in [2.05, 4.69) is 0 Å². The minimum Gasteiger partial charge on any atom is -0.394 e. The normalized spacial score (nSPS) is 48.1. The monoisotopic (exact) mass is 434 g/mol. The van der Waals surface area contributed by atoms with Crippen LogP contribution in [0.5, 0.6) is 0 Å². The second kappa shape index (κ2) is 10.2. The van der Waals surface area contributed by atoms with E-state index in [-0.39, 0.29) is 0 Å². The first-order valence-corrected chi connectivity index (χ1v) is 9.19. The van der Waals surface area contributed by atoms with Gasteiger partial charge in [0.15, 0.2) is 6.29 Å². The highest BCUT2D eigenvalue weighted by Crippen LogP contribution is 2.35. The average Bonchev–Trinajstić information content (AvgIpc) is 3.52. The van der Waals surface area contributed by atoms with Gasteiger partial charge in [0.25, 0.3) is 0 Å². The highest BCUT2D eigenvalue weighted by Gasteiger charge is 2.58. The molecule has 3 saturated heterocycles. The first-order valence-electron chi connectivity index (χ1n) is 8.66.